The first-order valence-electron chi connectivity index (χ1n) is 4.49. The molecule has 1 aliphatic heterocycles. The van der Waals surface area contributed by atoms with Gasteiger partial charge in [0, 0.05) is 6.04 Å². The molecular formula is C9H17N3. The Kier molecular flexibility index (Phi) is 3.51. The second kappa shape index (κ2) is 4.44. The fourth-order valence-corrected chi connectivity index (χ4v) is 1.68. The topological polar surface area (TPSA) is 30.3 Å². The lowest BCUT2D eigenvalue weighted by molar-refractivity contribution is 0.156. The molecule has 0 amide bonds. The standard InChI is InChI=1S/C9H17N3/c1-11-6-3-9(4-7-11)12(2)8-5-10/h9H,3-4,6-8H2,1-2H3. The van der Waals surface area contributed by atoms with Crippen molar-refractivity contribution in [1.29, 1.82) is 5.26 Å². The highest BCUT2D eigenvalue weighted by Crippen LogP contribution is 2.13. The third-order valence-electron chi connectivity index (χ3n) is 2.63. The van der Waals surface area contributed by atoms with Crippen molar-refractivity contribution in [3.8, 4) is 6.07 Å². The lowest BCUT2D eigenvalue weighted by atomic mass is 10.0. The van der Waals surface area contributed by atoms with Gasteiger partial charge in [-0.3, -0.25) is 4.90 Å². The van der Waals surface area contributed by atoms with Gasteiger partial charge in [0.2, 0.25) is 0 Å². The van der Waals surface area contributed by atoms with E-state index in [1.54, 1.807) is 0 Å². The number of hydrogen-bond donors (Lipinski definition) is 0. The molecule has 0 aromatic heterocycles. The molecule has 0 aromatic rings. The summed E-state index contributed by atoms with van der Waals surface area (Å²) in [5, 5.41) is 8.52. The minimum atomic E-state index is 0.564. The zero-order valence-corrected chi connectivity index (χ0v) is 7.95. The van der Waals surface area contributed by atoms with Gasteiger partial charge in [0.1, 0.15) is 0 Å². The van der Waals surface area contributed by atoms with Crippen molar-refractivity contribution in [3.05, 3.63) is 0 Å². The molecule has 0 atom stereocenters. The third-order valence-corrected chi connectivity index (χ3v) is 2.63. The highest BCUT2D eigenvalue weighted by atomic mass is 15.2. The van der Waals surface area contributed by atoms with Gasteiger partial charge in [-0.05, 0) is 40.0 Å². The zero-order chi connectivity index (χ0) is 8.97. The summed E-state index contributed by atoms with van der Waals surface area (Å²) in [5.74, 6) is 0. The Morgan fingerprint density at radius 1 is 1.50 bits per heavy atom. The van der Waals surface area contributed by atoms with Gasteiger partial charge in [0.25, 0.3) is 0 Å². The van der Waals surface area contributed by atoms with Gasteiger partial charge < -0.3 is 4.90 Å². The number of piperidine rings is 1. The van der Waals surface area contributed by atoms with Crippen molar-refractivity contribution in [2.24, 2.45) is 0 Å². The quantitative estimate of drug-likeness (QED) is 0.562. The number of nitrogens with zero attached hydrogens (tertiary/aromatic N) is 3. The highest BCUT2D eigenvalue weighted by molar-refractivity contribution is 4.82. The van der Waals surface area contributed by atoms with Crippen molar-refractivity contribution in [3.63, 3.8) is 0 Å². The van der Waals surface area contributed by atoms with Crippen LogP contribution in [0.15, 0.2) is 0 Å². The second-order valence-electron chi connectivity index (χ2n) is 3.61. The minimum Gasteiger partial charge on any atom is -0.306 e. The van der Waals surface area contributed by atoms with Crippen LogP contribution in [-0.4, -0.2) is 49.6 Å². The van der Waals surface area contributed by atoms with Crippen LogP contribution < -0.4 is 0 Å². The Bertz CT molecular complexity index is 165. The number of rotatable bonds is 2. The number of likely N-dealkylation sites (tertiary alicyclic amines) is 1. The molecule has 0 radical (unpaired) electrons. The van der Waals surface area contributed by atoms with E-state index >= 15 is 0 Å². The fourth-order valence-electron chi connectivity index (χ4n) is 1.68. The van der Waals surface area contributed by atoms with E-state index in [4.69, 9.17) is 5.26 Å². The lowest BCUT2D eigenvalue weighted by Gasteiger charge is -2.33. The molecule has 1 aliphatic rings. The molecule has 68 valence electrons. The normalized spacial score (nSPS) is 21.2. The molecular weight excluding hydrogens is 150 g/mol. The van der Waals surface area contributed by atoms with Crippen LogP contribution in [0.25, 0.3) is 0 Å². The summed E-state index contributed by atoms with van der Waals surface area (Å²) in [5.41, 5.74) is 0. The summed E-state index contributed by atoms with van der Waals surface area (Å²) in [6.45, 7) is 2.90. The Labute approximate surface area is 74.6 Å². The molecule has 0 aliphatic carbocycles. The Morgan fingerprint density at radius 3 is 2.58 bits per heavy atom. The fraction of sp³-hybridized carbons (Fsp3) is 0.889. The van der Waals surface area contributed by atoms with Crippen LogP contribution >= 0.6 is 0 Å². The van der Waals surface area contributed by atoms with Gasteiger partial charge >= 0.3 is 0 Å². The minimum absolute atomic E-state index is 0.564. The van der Waals surface area contributed by atoms with Crippen LogP contribution in [0, 0.1) is 11.3 Å². The highest BCUT2D eigenvalue weighted by Gasteiger charge is 2.19. The van der Waals surface area contributed by atoms with Gasteiger partial charge in [-0.25, -0.2) is 0 Å². The molecule has 1 fully saturated rings. The second-order valence-corrected chi connectivity index (χ2v) is 3.61. The Hall–Kier alpha value is -0.590. The van der Waals surface area contributed by atoms with Crippen molar-refractivity contribution >= 4 is 0 Å². The van der Waals surface area contributed by atoms with Crippen molar-refractivity contribution in [2.75, 3.05) is 33.7 Å². The van der Waals surface area contributed by atoms with Crippen LogP contribution in [-0.2, 0) is 0 Å². The first-order valence-corrected chi connectivity index (χ1v) is 4.49. The maximum absolute atomic E-state index is 8.52. The maximum atomic E-state index is 8.52. The first kappa shape index (κ1) is 9.50. The average molecular weight is 167 g/mol. The van der Waals surface area contributed by atoms with E-state index in [1.807, 2.05) is 7.05 Å². The monoisotopic (exact) mass is 167 g/mol. The predicted molar refractivity (Wildman–Crippen MR) is 48.8 cm³/mol. The molecule has 0 saturated carbocycles. The number of hydrogen-bond acceptors (Lipinski definition) is 3. The van der Waals surface area contributed by atoms with Crippen LogP contribution in [0.4, 0.5) is 0 Å². The Morgan fingerprint density at radius 2 is 2.08 bits per heavy atom. The molecule has 1 saturated heterocycles. The smallest absolute Gasteiger partial charge is 0.0865 e. The molecule has 0 aromatic carbocycles. The van der Waals surface area contributed by atoms with E-state index in [1.165, 1.54) is 25.9 Å². The van der Waals surface area contributed by atoms with Crippen molar-refractivity contribution < 1.29 is 0 Å². The molecule has 0 N–H and O–H groups in total. The summed E-state index contributed by atoms with van der Waals surface area (Å²) in [4.78, 5) is 4.50. The SMILES string of the molecule is CN1CCC(N(C)CC#N)CC1. The molecule has 0 bridgehead atoms. The molecule has 1 rings (SSSR count). The molecule has 1 heterocycles. The van der Waals surface area contributed by atoms with Gasteiger partial charge in [0.15, 0.2) is 0 Å². The van der Waals surface area contributed by atoms with Crippen molar-refractivity contribution in [2.45, 2.75) is 18.9 Å². The van der Waals surface area contributed by atoms with Crippen LogP contribution in [0.5, 0.6) is 0 Å². The van der Waals surface area contributed by atoms with Crippen LogP contribution in [0.2, 0.25) is 0 Å². The largest absolute Gasteiger partial charge is 0.306 e. The number of nitriles is 1. The average Bonchev–Trinajstić information content (AvgIpc) is 2.06. The van der Waals surface area contributed by atoms with E-state index < -0.39 is 0 Å². The third kappa shape index (κ3) is 2.47. The van der Waals surface area contributed by atoms with Gasteiger partial charge in [-0.1, -0.05) is 0 Å². The van der Waals surface area contributed by atoms with E-state index in [0.717, 1.165) is 0 Å². The summed E-state index contributed by atoms with van der Waals surface area (Å²) in [6.07, 6.45) is 2.41. The van der Waals surface area contributed by atoms with Gasteiger partial charge in [0.05, 0.1) is 12.6 Å². The van der Waals surface area contributed by atoms with E-state index in [-0.39, 0.29) is 0 Å². The van der Waals surface area contributed by atoms with Crippen LogP contribution in [0.3, 0.4) is 0 Å². The van der Waals surface area contributed by atoms with Crippen LogP contribution in [0.1, 0.15) is 12.8 Å². The zero-order valence-electron chi connectivity index (χ0n) is 7.95. The predicted octanol–water partition coefficient (Wildman–Crippen LogP) is 0.536. The lowest BCUT2D eigenvalue weighted by Crippen LogP contribution is -2.41. The van der Waals surface area contributed by atoms with E-state index in [9.17, 15) is 0 Å². The summed E-state index contributed by atoms with van der Waals surface area (Å²) >= 11 is 0. The van der Waals surface area contributed by atoms with E-state index in [2.05, 4.69) is 22.9 Å². The molecule has 0 unspecified atom stereocenters. The molecule has 0 spiro atoms. The van der Waals surface area contributed by atoms with Gasteiger partial charge in [-0.15, -0.1) is 0 Å². The van der Waals surface area contributed by atoms with Gasteiger partial charge in [-0.2, -0.15) is 5.26 Å². The summed E-state index contributed by atoms with van der Waals surface area (Å²) in [6, 6.07) is 2.81. The Balaban J connectivity index is 2.30. The van der Waals surface area contributed by atoms with Crippen molar-refractivity contribution in [1.82, 2.24) is 9.80 Å². The van der Waals surface area contributed by atoms with E-state index in [0.29, 0.717) is 12.6 Å². The molecule has 3 nitrogen and oxygen atoms in total. The first-order chi connectivity index (χ1) is 5.74. The molecule has 3 heteroatoms. The summed E-state index contributed by atoms with van der Waals surface area (Å²) in [7, 11) is 4.19. The summed E-state index contributed by atoms with van der Waals surface area (Å²) < 4.78 is 0. The molecule has 12 heavy (non-hydrogen) atoms. The maximum Gasteiger partial charge on any atom is 0.0865 e.